The van der Waals surface area contributed by atoms with Gasteiger partial charge in [0.1, 0.15) is 10.3 Å². The van der Waals surface area contributed by atoms with Gasteiger partial charge in [-0.2, -0.15) is 4.31 Å². The first kappa shape index (κ1) is 19.5. The molecular weight excluding hydrogens is 390 g/mol. The van der Waals surface area contributed by atoms with Gasteiger partial charge in [-0.1, -0.05) is 33.3 Å². The molecule has 1 N–H and O–H groups in total. The third-order valence-corrected chi connectivity index (χ3v) is 8.36. The number of rotatable bonds is 4. The van der Waals surface area contributed by atoms with E-state index in [1.807, 2.05) is 5.38 Å². The minimum Gasteiger partial charge on any atom is -0.301 e. The van der Waals surface area contributed by atoms with E-state index in [1.165, 1.54) is 27.0 Å². The van der Waals surface area contributed by atoms with E-state index in [0.29, 0.717) is 18.1 Å². The van der Waals surface area contributed by atoms with Gasteiger partial charge in [-0.05, 0) is 24.3 Å². The second-order valence-corrected chi connectivity index (χ2v) is 11.3. The van der Waals surface area contributed by atoms with Crippen LogP contribution in [0.4, 0.5) is 5.13 Å². The molecule has 1 fully saturated rings. The first-order chi connectivity index (χ1) is 12.2. The zero-order valence-corrected chi connectivity index (χ0v) is 17.5. The summed E-state index contributed by atoms with van der Waals surface area (Å²) in [6, 6.07) is 2.60. The molecule has 2 aromatic heterocycles. The number of thiazole rings is 1. The van der Waals surface area contributed by atoms with Crippen LogP contribution in [0.2, 0.25) is 0 Å². The average molecular weight is 414 g/mol. The number of hydrogen-bond donors (Lipinski definition) is 1. The maximum Gasteiger partial charge on any atom is 0.253 e. The van der Waals surface area contributed by atoms with Gasteiger partial charge < -0.3 is 5.32 Å². The largest absolute Gasteiger partial charge is 0.301 e. The molecule has 1 aliphatic rings. The molecule has 1 amide bonds. The van der Waals surface area contributed by atoms with Crippen LogP contribution in [0.3, 0.4) is 0 Å². The Bertz CT molecular complexity index is 867. The molecule has 0 bridgehead atoms. The maximum atomic E-state index is 12.9. The third-order valence-electron chi connectivity index (χ3n) is 4.32. The molecule has 1 unspecified atom stereocenters. The highest BCUT2D eigenvalue weighted by molar-refractivity contribution is 7.91. The van der Waals surface area contributed by atoms with E-state index < -0.39 is 16.1 Å². The lowest BCUT2D eigenvalue weighted by atomic mass is 9.93. The van der Waals surface area contributed by atoms with E-state index in [0.717, 1.165) is 18.5 Å². The fraction of sp³-hybridized carbons (Fsp3) is 0.529. The summed E-state index contributed by atoms with van der Waals surface area (Å²) >= 11 is 2.54. The van der Waals surface area contributed by atoms with Crippen LogP contribution < -0.4 is 5.32 Å². The summed E-state index contributed by atoms with van der Waals surface area (Å²) in [6.07, 6.45) is 2.12. The van der Waals surface area contributed by atoms with Gasteiger partial charge in [0.15, 0.2) is 5.13 Å². The van der Waals surface area contributed by atoms with Crippen LogP contribution in [0.15, 0.2) is 27.1 Å². The van der Waals surface area contributed by atoms with Crippen LogP contribution in [0.5, 0.6) is 0 Å². The third kappa shape index (κ3) is 4.00. The number of nitrogens with zero attached hydrogens (tertiary/aromatic N) is 2. The van der Waals surface area contributed by atoms with E-state index in [9.17, 15) is 13.2 Å². The maximum absolute atomic E-state index is 12.9. The summed E-state index contributed by atoms with van der Waals surface area (Å²) in [5.74, 6) is -0.306. The monoisotopic (exact) mass is 413 g/mol. The van der Waals surface area contributed by atoms with E-state index in [1.54, 1.807) is 17.5 Å². The van der Waals surface area contributed by atoms with Gasteiger partial charge in [0.2, 0.25) is 5.91 Å². The van der Waals surface area contributed by atoms with Crippen LogP contribution in [0, 0.1) is 0 Å². The van der Waals surface area contributed by atoms with Crippen LogP contribution in [-0.4, -0.2) is 36.2 Å². The molecule has 26 heavy (non-hydrogen) atoms. The summed E-state index contributed by atoms with van der Waals surface area (Å²) in [4.78, 5) is 17.3. The zero-order chi connectivity index (χ0) is 18.9. The number of amides is 1. The predicted octanol–water partition coefficient (Wildman–Crippen LogP) is 3.68. The molecule has 9 heteroatoms. The van der Waals surface area contributed by atoms with Crippen molar-refractivity contribution in [3.05, 3.63) is 28.6 Å². The summed E-state index contributed by atoms with van der Waals surface area (Å²) in [5.41, 5.74) is 0.809. The molecule has 0 radical (unpaired) electrons. The topological polar surface area (TPSA) is 79.4 Å². The molecule has 1 saturated heterocycles. The highest BCUT2D eigenvalue weighted by Gasteiger charge is 2.38. The van der Waals surface area contributed by atoms with Gasteiger partial charge in [-0.3, -0.25) is 4.79 Å². The minimum absolute atomic E-state index is 0.0984. The Hall–Kier alpha value is -1.29. The van der Waals surface area contributed by atoms with Crippen molar-refractivity contribution in [3.63, 3.8) is 0 Å². The Morgan fingerprint density at radius 2 is 2.08 bits per heavy atom. The number of aromatic nitrogens is 1. The fourth-order valence-corrected chi connectivity index (χ4v) is 6.56. The van der Waals surface area contributed by atoms with Crippen molar-refractivity contribution in [1.29, 1.82) is 0 Å². The number of nitrogens with one attached hydrogen (secondary N) is 1. The lowest BCUT2D eigenvalue weighted by Crippen LogP contribution is -2.49. The predicted molar refractivity (Wildman–Crippen MR) is 105 cm³/mol. The molecule has 142 valence electrons. The second-order valence-electron chi connectivity index (χ2n) is 7.34. The van der Waals surface area contributed by atoms with E-state index in [2.05, 4.69) is 31.1 Å². The normalized spacial score (nSPS) is 19.4. The van der Waals surface area contributed by atoms with Gasteiger partial charge >= 0.3 is 0 Å². The smallest absolute Gasteiger partial charge is 0.253 e. The molecular formula is C17H23N3O3S3. The number of hydrogen-bond acceptors (Lipinski definition) is 6. The van der Waals surface area contributed by atoms with Gasteiger partial charge in [-0.25, -0.2) is 13.4 Å². The highest BCUT2D eigenvalue weighted by atomic mass is 32.2. The van der Waals surface area contributed by atoms with Crippen molar-refractivity contribution in [2.45, 2.75) is 55.7 Å². The second kappa shape index (κ2) is 7.38. The van der Waals surface area contributed by atoms with Gasteiger partial charge in [-0.15, -0.1) is 22.7 Å². The number of thiophene rings is 1. The highest BCUT2D eigenvalue weighted by Crippen LogP contribution is 2.30. The lowest BCUT2D eigenvalue weighted by Gasteiger charge is -2.32. The van der Waals surface area contributed by atoms with E-state index in [-0.39, 0.29) is 15.5 Å². The molecule has 0 aromatic carbocycles. The average Bonchev–Trinajstić information content (AvgIpc) is 3.26. The zero-order valence-electron chi connectivity index (χ0n) is 15.1. The Morgan fingerprint density at radius 3 is 2.69 bits per heavy atom. The first-order valence-corrected chi connectivity index (χ1v) is 11.7. The molecule has 3 heterocycles. The standard InChI is InChI=1S/C17H23N3O3S3/c1-17(2,3)13-11-25-16(18-13)19-15(21)12-7-4-5-9-20(12)26(22,23)14-8-6-10-24-14/h6,8,10-12H,4-5,7,9H2,1-3H3,(H,18,19,21). The Labute approximate surface area is 162 Å². The van der Waals surface area contributed by atoms with E-state index in [4.69, 9.17) is 0 Å². The van der Waals surface area contributed by atoms with Crippen molar-refractivity contribution in [3.8, 4) is 0 Å². The molecule has 0 aliphatic carbocycles. The number of carbonyl (C=O) groups excluding carboxylic acids is 1. The minimum atomic E-state index is -3.65. The van der Waals surface area contributed by atoms with Crippen molar-refractivity contribution in [2.24, 2.45) is 0 Å². The van der Waals surface area contributed by atoms with Crippen molar-refractivity contribution in [2.75, 3.05) is 11.9 Å². The molecule has 1 atom stereocenters. The summed E-state index contributed by atoms with van der Waals surface area (Å²) < 4.78 is 27.4. The van der Waals surface area contributed by atoms with Crippen LogP contribution >= 0.6 is 22.7 Å². The Kier molecular flexibility index (Phi) is 5.53. The number of piperidine rings is 1. The summed E-state index contributed by atoms with van der Waals surface area (Å²) in [5, 5.41) is 6.99. The first-order valence-electron chi connectivity index (χ1n) is 8.52. The molecule has 6 nitrogen and oxygen atoms in total. The van der Waals surface area contributed by atoms with Crippen LogP contribution in [0.25, 0.3) is 0 Å². The van der Waals surface area contributed by atoms with Crippen LogP contribution in [0.1, 0.15) is 45.7 Å². The lowest BCUT2D eigenvalue weighted by molar-refractivity contribution is -0.120. The van der Waals surface area contributed by atoms with E-state index >= 15 is 0 Å². The SMILES string of the molecule is CC(C)(C)c1csc(NC(=O)C2CCCCN2S(=O)(=O)c2cccs2)n1. The van der Waals surface area contributed by atoms with Gasteiger partial charge in [0.05, 0.1) is 5.69 Å². The number of sulfonamides is 1. The molecule has 0 spiro atoms. The molecule has 0 saturated carbocycles. The van der Waals surface area contributed by atoms with Crippen molar-refractivity contribution >= 4 is 43.7 Å². The Morgan fingerprint density at radius 1 is 1.31 bits per heavy atom. The number of carbonyl (C=O) groups is 1. The molecule has 3 rings (SSSR count). The van der Waals surface area contributed by atoms with Gasteiger partial charge in [0.25, 0.3) is 10.0 Å². The molecule has 1 aliphatic heterocycles. The van der Waals surface area contributed by atoms with Crippen molar-refractivity contribution in [1.82, 2.24) is 9.29 Å². The van der Waals surface area contributed by atoms with Gasteiger partial charge in [0, 0.05) is 17.3 Å². The van der Waals surface area contributed by atoms with Crippen molar-refractivity contribution < 1.29 is 13.2 Å². The fourth-order valence-electron chi connectivity index (χ4n) is 2.84. The number of anilines is 1. The summed E-state index contributed by atoms with van der Waals surface area (Å²) in [6.45, 7) is 6.54. The quantitative estimate of drug-likeness (QED) is 0.829. The van der Waals surface area contributed by atoms with Crippen LogP contribution in [-0.2, 0) is 20.2 Å². The molecule has 2 aromatic rings. The summed E-state index contributed by atoms with van der Waals surface area (Å²) in [7, 11) is -3.65. The Balaban J connectivity index is 1.79.